The average Bonchev–Trinajstić information content (AvgIpc) is 2.18. The molecule has 0 saturated heterocycles. The second kappa shape index (κ2) is 4.79. The van der Waals surface area contributed by atoms with Crippen molar-refractivity contribution >= 4 is 23.0 Å². The van der Waals surface area contributed by atoms with Crippen LogP contribution in [0.25, 0.3) is 0 Å². The molecule has 0 radical (unpaired) electrons. The third kappa shape index (κ3) is 3.01. The van der Waals surface area contributed by atoms with Gasteiger partial charge in [0.25, 0.3) is 0 Å². The highest BCUT2D eigenvalue weighted by molar-refractivity contribution is 7.80. The second-order valence-electron chi connectivity index (χ2n) is 2.58. The summed E-state index contributed by atoms with van der Waals surface area (Å²) in [5.41, 5.74) is 3.91. The van der Waals surface area contributed by atoms with Crippen molar-refractivity contribution in [2.45, 2.75) is 0 Å². The van der Waals surface area contributed by atoms with Gasteiger partial charge in [0.05, 0.1) is 0 Å². The first-order chi connectivity index (χ1) is 6.24. The molecule has 0 aliphatic heterocycles. The van der Waals surface area contributed by atoms with E-state index in [4.69, 9.17) is 12.2 Å². The normalized spacial score (nSPS) is 9.38. The Morgan fingerprint density at radius 2 is 1.92 bits per heavy atom. The molecule has 13 heavy (non-hydrogen) atoms. The van der Waals surface area contributed by atoms with Crippen LogP contribution < -0.4 is 10.7 Å². The van der Waals surface area contributed by atoms with Crippen LogP contribution in [0, 0.1) is 0 Å². The number of benzene rings is 1. The Hall–Kier alpha value is -1.13. The summed E-state index contributed by atoms with van der Waals surface area (Å²) in [6.07, 6.45) is 0. The summed E-state index contributed by atoms with van der Waals surface area (Å²) in [5, 5.41) is 5.47. The molecule has 0 atom stereocenters. The predicted octanol–water partition coefficient (Wildman–Crippen LogP) is 1.45. The van der Waals surface area contributed by atoms with Crippen LogP contribution in [-0.2, 0) is 0 Å². The lowest BCUT2D eigenvalue weighted by molar-refractivity contribution is 0.416. The van der Waals surface area contributed by atoms with Crippen LogP contribution in [0.5, 0.6) is 0 Å². The lowest BCUT2D eigenvalue weighted by Gasteiger charge is -2.19. The predicted molar refractivity (Wildman–Crippen MR) is 59.5 cm³/mol. The lowest BCUT2D eigenvalue weighted by Crippen LogP contribution is -2.39. The third-order valence-electron chi connectivity index (χ3n) is 1.67. The van der Waals surface area contributed by atoms with E-state index in [1.54, 1.807) is 5.01 Å². The number of nitrogens with one attached hydrogen (secondary N) is 2. The molecular weight excluding hydrogens is 182 g/mol. The fraction of sp³-hybridized carbons (Fsp3) is 0.222. The Balaban J connectivity index is 2.55. The van der Waals surface area contributed by atoms with E-state index in [9.17, 15) is 0 Å². The monoisotopic (exact) mass is 195 g/mol. The van der Waals surface area contributed by atoms with Crippen molar-refractivity contribution < 1.29 is 0 Å². The maximum Gasteiger partial charge on any atom is 0.187 e. The Labute approximate surface area is 83.7 Å². The van der Waals surface area contributed by atoms with Gasteiger partial charge in [-0.3, -0.25) is 5.01 Å². The number of hydrogen-bond donors (Lipinski definition) is 2. The van der Waals surface area contributed by atoms with Crippen LogP contribution in [0.3, 0.4) is 0 Å². The van der Waals surface area contributed by atoms with Crippen molar-refractivity contribution in [3.63, 3.8) is 0 Å². The van der Waals surface area contributed by atoms with Crippen molar-refractivity contribution in [3.05, 3.63) is 30.3 Å². The van der Waals surface area contributed by atoms with E-state index >= 15 is 0 Å². The first-order valence-corrected chi connectivity index (χ1v) is 4.42. The summed E-state index contributed by atoms with van der Waals surface area (Å²) < 4.78 is 0. The summed E-state index contributed by atoms with van der Waals surface area (Å²) in [4.78, 5) is 0. The molecule has 1 aromatic rings. The highest BCUT2D eigenvalue weighted by Gasteiger charge is 2.00. The maximum absolute atomic E-state index is 5.11. The summed E-state index contributed by atoms with van der Waals surface area (Å²) in [7, 11) is 3.68. The van der Waals surface area contributed by atoms with Gasteiger partial charge in [0, 0.05) is 19.8 Å². The SMILES string of the molecule is CNN(C)C(=S)Nc1ccccc1. The molecule has 0 amide bonds. The molecule has 0 aromatic heterocycles. The van der Waals surface area contributed by atoms with Crippen molar-refractivity contribution in [2.24, 2.45) is 0 Å². The van der Waals surface area contributed by atoms with Crippen LogP contribution in [0.4, 0.5) is 5.69 Å². The molecule has 0 heterocycles. The number of para-hydroxylation sites is 1. The molecule has 0 saturated carbocycles. The molecule has 2 N–H and O–H groups in total. The minimum absolute atomic E-state index is 0.647. The zero-order valence-electron chi connectivity index (χ0n) is 7.74. The largest absolute Gasteiger partial charge is 0.332 e. The van der Waals surface area contributed by atoms with Crippen LogP contribution in [0.1, 0.15) is 0 Å². The fourth-order valence-electron chi connectivity index (χ4n) is 0.830. The number of hydrazine groups is 1. The standard InChI is InChI=1S/C9H13N3S/c1-10-12(2)9(13)11-8-6-4-3-5-7-8/h3-7,10H,1-2H3,(H,11,13). The molecule has 3 nitrogen and oxygen atoms in total. The van der Waals surface area contributed by atoms with Gasteiger partial charge in [-0.2, -0.15) is 0 Å². The maximum atomic E-state index is 5.11. The molecule has 0 aliphatic rings. The number of nitrogens with zero attached hydrogens (tertiary/aromatic N) is 1. The molecule has 0 fully saturated rings. The lowest BCUT2D eigenvalue weighted by atomic mass is 10.3. The number of hydrogen-bond acceptors (Lipinski definition) is 2. The topological polar surface area (TPSA) is 27.3 Å². The first kappa shape index (κ1) is 9.95. The minimum atomic E-state index is 0.647. The van der Waals surface area contributed by atoms with Gasteiger partial charge in [0.15, 0.2) is 5.11 Å². The van der Waals surface area contributed by atoms with Gasteiger partial charge >= 0.3 is 0 Å². The van der Waals surface area contributed by atoms with Gasteiger partial charge in [-0.05, 0) is 24.4 Å². The molecule has 0 spiro atoms. The van der Waals surface area contributed by atoms with Gasteiger partial charge < -0.3 is 5.32 Å². The third-order valence-corrected chi connectivity index (χ3v) is 2.04. The average molecular weight is 195 g/mol. The van der Waals surface area contributed by atoms with Crippen molar-refractivity contribution in [1.82, 2.24) is 10.4 Å². The number of rotatable bonds is 2. The molecule has 4 heteroatoms. The Bertz CT molecular complexity index is 273. The van der Waals surface area contributed by atoms with Gasteiger partial charge in [-0.1, -0.05) is 18.2 Å². The Morgan fingerprint density at radius 3 is 2.46 bits per heavy atom. The summed E-state index contributed by atoms with van der Waals surface area (Å²) in [6, 6.07) is 9.83. The molecule has 0 aliphatic carbocycles. The van der Waals surface area contributed by atoms with Crippen LogP contribution in [0.15, 0.2) is 30.3 Å². The van der Waals surface area contributed by atoms with Crippen LogP contribution in [-0.4, -0.2) is 24.2 Å². The van der Waals surface area contributed by atoms with E-state index in [-0.39, 0.29) is 0 Å². The number of thiocarbonyl (C=S) groups is 1. The fourth-order valence-corrected chi connectivity index (χ4v) is 1.04. The molecule has 1 rings (SSSR count). The molecule has 1 aromatic carbocycles. The molecule has 0 bridgehead atoms. The van der Waals surface area contributed by atoms with E-state index in [0.717, 1.165) is 5.69 Å². The minimum Gasteiger partial charge on any atom is -0.332 e. The zero-order chi connectivity index (χ0) is 9.68. The second-order valence-corrected chi connectivity index (χ2v) is 2.97. The summed E-state index contributed by atoms with van der Waals surface area (Å²) in [6.45, 7) is 0. The zero-order valence-corrected chi connectivity index (χ0v) is 8.56. The van der Waals surface area contributed by atoms with E-state index in [0.29, 0.717) is 5.11 Å². The smallest absolute Gasteiger partial charge is 0.187 e. The van der Waals surface area contributed by atoms with Gasteiger partial charge in [-0.15, -0.1) is 0 Å². The number of anilines is 1. The molecule has 70 valence electrons. The van der Waals surface area contributed by atoms with E-state index < -0.39 is 0 Å². The van der Waals surface area contributed by atoms with Crippen molar-refractivity contribution in [2.75, 3.05) is 19.4 Å². The molecule has 0 unspecified atom stereocenters. The van der Waals surface area contributed by atoms with Gasteiger partial charge in [-0.25, -0.2) is 5.43 Å². The molecular formula is C9H13N3S. The summed E-state index contributed by atoms with van der Waals surface area (Å²) >= 11 is 5.11. The van der Waals surface area contributed by atoms with E-state index in [1.165, 1.54) is 0 Å². The van der Waals surface area contributed by atoms with Crippen molar-refractivity contribution in [3.8, 4) is 0 Å². The summed E-state index contributed by atoms with van der Waals surface area (Å²) in [5.74, 6) is 0. The van der Waals surface area contributed by atoms with E-state index in [1.807, 2.05) is 44.4 Å². The van der Waals surface area contributed by atoms with E-state index in [2.05, 4.69) is 10.7 Å². The van der Waals surface area contributed by atoms with Gasteiger partial charge in [0.2, 0.25) is 0 Å². The quantitative estimate of drug-likeness (QED) is 0.552. The van der Waals surface area contributed by atoms with Crippen LogP contribution in [0.2, 0.25) is 0 Å². The highest BCUT2D eigenvalue weighted by Crippen LogP contribution is 2.05. The Kier molecular flexibility index (Phi) is 3.67. The first-order valence-electron chi connectivity index (χ1n) is 4.01. The Morgan fingerprint density at radius 1 is 1.31 bits per heavy atom. The van der Waals surface area contributed by atoms with Crippen molar-refractivity contribution in [1.29, 1.82) is 0 Å². The van der Waals surface area contributed by atoms with Crippen LogP contribution >= 0.6 is 12.2 Å². The highest BCUT2D eigenvalue weighted by atomic mass is 32.1. The van der Waals surface area contributed by atoms with Gasteiger partial charge in [0.1, 0.15) is 0 Å².